The first-order valence-electron chi connectivity index (χ1n) is 5.03. The largest absolute Gasteiger partial charge is 0.469 e. The van der Waals surface area contributed by atoms with E-state index >= 15 is 0 Å². The maximum atomic E-state index is 11.4. The third-order valence-corrected chi connectivity index (χ3v) is 2.67. The number of carbonyl (C=O) groups excluding carboxylic acids is 1. The summed E-state index contributed by atoms with van der Waals surface area (Å²) in [5.41, 5.74) is 2.73. The molecule has 2 N–H and O–H groups in total. The van der Waals surface area contributed by atoms with Crippen LogP contribution in [0.1, 0.15) is 13.8 Å². The summed E-state index contributed by atoms with van der Waals surface area (Å²) in [4.78, 5) is 11.4. The van der Waals surface area contributed by atoms with Gasteiger partial charge in [-0.2, -0.15) is 0 Å². The smallest absolute Gasteiger partial charge is 0.312 e. The predicted molar refractivity (Wildman–Crippen MR) is 59.0 cm³/mol. The molecule has 0 amide bonds. The first kappa shape index (κ1) is 11.6. The second-order valence-corrected chi connectivity index (χ2v) is 3.63. The number of rotatable bonds is 2. The lowest BCUT2D eigenvalue weighted by Crippen LogP contribution is -2.37. The van der Waals surface area contributed by atoms with Gasteiger partial charge >= 0.3 is 5.97 Å². The molecule has 1 rings (SSSR count). The van der Waals surface area contributed by atoms with Crippen molar-refractivity contribution in [2.75, 3.05) is 20.2 Å². The van der Waals surface area contributed by atoms with Crippen LogP contribution in [0.4, 0.5) is 0 Å². The van der Waals surface area contributed by atoms with Crippen LogP contribution in [0.5, 0.6) is 0 Å². The van der Waals surface area contributed by atoms with E-state index in [1.165, 1.54) is 7.11 Å². The zero-order valence-electron chi connectivity index (χ0n) is 9.52. The lowest BCUT2D eigenvalue weighted by Gasteiger charge is -2.25. The number of hydrogen-bond acceptors (Lipinski definition) is 4. The van der Waals surface area contributed by atoms with Gasteiger partial charge in [-0.1, -0.05) is 6.58 Å². The Hall–Kier alpha value is -1.45. The molecule has 0 saturated carbocycles. The molecule has 1 aliphatic rings. The Morgan fingerprint density at radius 2 is 2.07 bits per heavy atom. The molecule has 1 fully saturated rings. The predicted octanol–water partition coefficient (Wildman–Crippen LogP) is 0.776. The highest BCUT2D eigenvalue weighted by Crippen LogP contribution is 2.19. The number of esters is 1. The quantitative estimate of drug-likeness (QED) is 0.661. The van der Waals surface area contributed by atoms with Gasteiger partial charge in [0.15, 0.2) is 0 Å². The van der Waals surface area contributed by atoms with Crippen molar-refractivity contribution in [2.24, 2.45) is 5.92 Å². The summed E-state index contributed by atoms with van der Waals surface area (Å²) in [7, 11) is 1.40. The second kappa shape index (κ2) is 4.87. The van der Waals surface area contributed by atoms with Crippen molar-refractivity contribution in [2.45, 2.75) is 13.8 Å². The molecule has 0 aromatic carbocycles. The number of carbonyl (C=O) groups is 1. The minimum Gasteiger partial charge on any atom is -0.469 e. The van der Waals surface area contributed by atoms with Gasteiger partial charge in [0.2, 0.25) is 0 Å². The lowest BCUT2D eigenvalue weighted by molar-refractivity contribution is -0.143. The van der Waals surface area contributed by atoms with Crippen LogP contribution in [0.2, 0.25) is 0 Å². The maximum absolute atomic E-state index is 11.4. The Labute approximate surface area is 90.4 Å². The van der Waals surface area contributed by atoms with Gasteiger partial charge in [-0.3, -0.25) is 4.79 Å². The minimum absolute atomic E-state index is 0.222. The summed E-state index contributed by atoms with van der Waals surface area (Å²) in [5.74, 6) is -0.464. The molecule has 1 atom stereocenters. The summed E-state index contributed by atoms with van der Waals surface area (Å²) in [5, 5.41) is 6.40. The number of methoxy groups -OCH3 is 1. The minimum atomic E-state index is -0.242. The van der Waals surface area contributed by atoms with E-state index < -0.39 is 0 Å². The molecule has 0 spiro atoms. The van der Waals surface area contributed by atoms with Crippen molar-refractivity contribution < 1.29 is 9.53 Å². The summed E-state index contributed by atoms with van der Waals surface area (Å²) in [6, 6.07) is 0. The molecular formula is C11H18N2O2. The number of hydrogen-bond donors (Lipinski definition) is 2. The van der Waals surface area contributed by atoms with Crippen LogP contribution in [-0.2, 0) is 9.53 Å². The Morgan fingerprint density at radius 1 is 1.47 bits per heavy atom. The monoisotopic (exact) mass is 210 g/mol. The van der Waals surface area contributed by atoms with Crippen LogP contribution >= 0.6 is 0 Å². The summed E-state index contributed by atoms with van der Waals surface area (Å²) < 4.78 is 4.71. The Kier molecular flexibility index (Phi) is 3.77. The normalized spacial score (nSPS) is 21.1. The van der Waals surface area contributed by atoms with E-state index in [4.69, 9.17) is 4.74 Å². The Balaban J connectivity index is 2.87. The Morgan fingerprint density at radius 3 is 2.60 bits per heavy atom. The molecule has 0 aromatic rings. The first-order chi connectivity index (χ1) is 7.07. The molecule has 1 aliphatic heterocycles. The van der Waals surface area contributed by atoms with Crippen LogP contribution in [0, 0.1) is 5.92 Å². The fourth-order valence-corrected chi connectivity index (χ4v) is 1.54. The van der Waals surface area contributed by atoms with E-state index in [1.54, 1.807) is 0 Å². The maximum Gasteiger partial charge on any atom is 0.312 e. The first-order valence-corrected chi connectivity index (χ1v) is 5.03. The molecule has 0 aromatic heterocycles. The van der Waals surface area contributed by atoms with E-state index in [-0.39, 0.29) is 11.9 Å². The number of ether oxygens (including phenoxy) is 1. The summed E-state index contributed by atoms with van der Waals surface area (Å²) in [6.45, 7) is 9.36. The van der Waals surface area contributed by atoms with Crippen LogP contribution < -0.4 is 10.6 Å². The van der Waals surface area contributed by atoms with Gasteiger partial charge in [0.25, 0.3) is 0 Å². The average Bonchev–Trinajstić information content (AvgIpc) is 2.26. The standard InChI is InChI=1S/C11H18N2O2/c1-7(8(2)11(14)15-4)10-9(3)12-5-6-13-10/h8,12-13H,3,5-6H2,1-2,4H3/b10-7+. The van der Waals surface area contributed by atoms with Crippen LogP contribution in [0.3, 0.4) is 0 Å². The van der Waals surface area contributed by atoms with Crippen LogP contribution in [-0.4, -0.2) is 26.2 Å². The van der Waals surface area contributed by atoms with Gasteiger partial charge in [0, 0.05) is 13.1 Å². The van der Waals surface area contributed by atoms with Crippen molar-refractivity contribution in [3.63, 3.8) is 0 Å². The molecule has 1 saturated heterocycles. The number of piperazine rings is 1. The van der Waals surface area contributed by atoms with Crippen LogP contribution in [0.25, 0.3) is 0 Å². The van der Waals surface area contributed by atoms with Gasteiger partial charge in [0.05, 0.1) is 24.4 Å². The molecule has 0 bridgehead atoms. The van der Waals surface area contributed by atoms with Crippen molar-refractivity contribution in [1.82, 2.24) is 10.6 Å². The molecule has 1 heterocycles. The SMILES string of the molecule is C=C1NCCN/C1=C(\C)C(C)C(=O)OC. The zero-order chi connectivity index (χ0) is 11.4. The van der Waals surface area contributed by atoms with Crippen molar-refractivity contribution >= 4 is 5.97 Å². The second-order valence-electron chi connectivity index (χ2n) is 3.63. The fourth-order valence-electron chi connectivity index (χ4n) is 1.54. The summed E-state index contributed by atoms with van der Waals surface area (Å²) >= 11 is 0. The van der Waals surface area contributed by atoms with Gasteiger partial charge in [0.1, 0.15) is 0 Å². The third kappa shape index (κ3) is 2.52. The topological polar surface area (TPSA) is 50.4 Å². The highest BCUT2D eigenvalue weighted by molar-refractivity contribution is 5.75. The lowest BCUT2D eigenvalue weighted by atomic mass is 9.99. The highest BCUT2D eigenvalue weighted by Gasteiger charge is 2.20. The van der Waals surface area contributed by atoms with E-state index in [0.29, 0.717) is 0 Å². The molecule has 4 nitrogen and oxygen atoms in total. The fraction of sp³-hybridized carbons (Fsp3) is 0.545. The number of nitrogens with one attached hydrogen (secondary N) is 2. The van der Waals surface area contributed by atoms with Crippen LogP contribution in [0.15, 0.2) is 23.5 Å². The molecule has 1 unspecified atom stereocenters. The Bertz CT molecular complexity index is 308. The van der Waals surface area contributed by atoms with E-state index in [2.05, 4.69) is 17.2 Å². The summed E-state index contributed by atoms with van der Waals surface area (Å²) in [6.07, 6.45) is 0. The van der Waals surface area contributed by atoms with E-state index in [1.807, 2.05) is 13.8 Å². The van der Waals surface area contributed by atoms with E-state index in [0.717, 1.165) is 30.1 Å². The molecule has 0 radical (unpaired) electrons. The molecule has 84 valence electrons. The third-order valence-electron chi connectivity index (χ3n) is 2.67. The van der Waals surface area contributed by atoms with Gasteiger partial charge in [-0.25, -0.2) is 0 Å². The average molecular weight is 210 g/mol. The van der Waals surface area contributed by atoms with Gasteiger partial charge in [-0.05, 0) is 19.4 Å². The zero-order valence-corrected chi connectivity index (χ0v) is 9.52. The molecule has 4 heteroatoms. The van der Waals surface area contributed by atoms with Crippen molar-refractivity contribution in [1.29, 1.82) is 0 Å². The molecular weight excluding hydrogens is 192 g/mol. The molecule has 15 heavy (non-hydrogen) atoms. The van der Waals surface area contributed by atoms with Crippen molar-refractivity contribution in [3.05, 3.63) is 23.5 Å². The highest BCUT2D eigenvalue weighted by atomic mass is 16.5. The van der Waals surface area contributed by atoms with Gasteiger partial charge in [-0.15, -0.1) is 0 Å². The van der Waals surface area contributed by atoms with Gasteiger partial charge < -0.3 is 15.4 Å². The van der Waals surface area contributed by atoms with Crippen molar-refractivity contribution in [3.8, 4) is 0 Å². The molecule has 0 aliphatic carbocycles. The van der Waals surface area contributed by atoms with E-state index in [9.17, 15) is 4.79 Å².